The minimum absolute atomic E-state index is 0.0856. The Labute approximate surface area is 119 Å². The van der Waals surface area contributed by atoms with Gasteiger partial charge in [-0.1, -0.05) is 32.9 Å². The van der Waals surface area contributed by atoms with Crippen LogP contribution in [0, 0.1) is 5.41 Å². The lowest BCUT2D eigenvalue weighted by Crippen LogP contribution is -2.26. The van der Waals surface area contributed by atoms with Gasteiger partial charge in [0.2, 0.25) is 10.0 Å². The Morgan fingerprint density at radius 1 is 1.15 bits per heavy atom. The Bertz CT molecular complexity index is 653. The average Bonchev–Trinajstić information content (AvgIpc) is 2.79. The smallest absolute Gasteiger partial charge is 0.233 e. The number of nitrogens with one attached hydrogen (secondary N) is 2. The first kappa shape index (κ1) is 14.6. The van der Waals surface area contributed by atoms with Crippen molar-refractivity contribution in [2.75, 3.05) is 10.5 Å². The van der Waals surface area contributed by atoms with Crippen LogP contribution in [0.2, 0.25) is 0 Å². The number of H-pyrrole nitrogens is 1. The molecule has 0 fully saturated rings. The molecule has 0 radical (unpaired) electrons. The highest BCUT2D eigenvalue weighted by Crippen LogP contribution is 2.21. The number of aromatic nitrogens is 2. The Morgan fingerprint density at radius 3 is 2.30 bits per heavy atom. The van der Waals surface area contributed by atoms with Crippen LogP contribution in [0.25, 0.3) is 11.3 Å². The average molecular weight is 293 g/mol. The second-order valence-electron chi connectivity index (χ2n) is 5.97. The van der Waals surface area contributed by atoms with Crippen molar-refractivity contribution in [3.05, 3.63) is 36.5 Å². The molecule has 1 heterocycles. The lowest BCUT2D eigenvalue weighted by atomic mass is 10.0. The first-order valence-corrected chi connectivity index (χ1v) is 8.01. The largest absolute Gasteiger partial charge is 0.284 e. The molecule has 5 nitrogen and oxygen atoms in total. The number of rotatable bonds is 4. The van der Waals surface area contributed by atoms with E-state index in [9.17, 15) is 8.42 Å². The van der Waals surface area contributed by atoms with Crippen LogP contribution in [0.1, 0.15) is 20.8 Å². The highest BCUT2D eigenvalue weighted by atomic mass is 32.2. The van der Waals surface area contributed by atoms with Crippen LogP contribution >= 0.6 is 0 Å². The number of nitrogens with zero attached hydrogens (tertiary/aromatic N) is 1. The first-order chi connectivity index (χ1) is 9.25. The van der Waals surface area contributed by atoms with Crippen molar-refractivity contribution in [3.63, 3.8) is 0 Å². The van der Waals surface area contributed by atoms with Gasteiger partial charge in [0.25, 0.3) is 0 Å². The Kier molecular flexibility index (Phi) is 3.85. The number of anilines is 1. The monoisotopic (exact) mass is 293 g/mol. The molecular weight excluding hydrogens is 274 g/mol. The van der Waals surface area contributed by atoms with Gasteiger partial charge in [0.15, 0.2) is 0 Å². The lowest BCUT2D eigenvalue weighted by molar-refractivity contribution is 0.463. The standard InChI is InChI=1S/C14H19N3O2S/c1-14(2,3)10-20(18,19)17-12-6-4-11(5-7-12)13-8-9-15-16-13/h4-9,17H,10H2,1-3H3,(H,15,16). The van der Waals surface area contributed by atoms with Gasteiger partial charge in [-0.05, 0) is 29.2 Å². The van der Waals surface area contributed by atoms with Gasteiger partial charge in [0.1, 0.15) is 0 Å². The predicted molar refractivity (Wildman–Crippen MR) is 80.9 cm³/mol. The van der Waals surface area contributed by atoms with Gasteiger partial charge >= 0.3 is 0 Å². The van der Waals surface area contributed by atoms with Gasteiger partial charge < -0.3 is 0 Å². The third kappa shape index (κ3) is 4.09. The highest BCUT2D eigenvalue weighted by molar-refractivity contribution is 7.92. The van der Waals surface area contributed by atoms with Crippen molar-refractivity contribution >= 4 is 15.7 Å². The van der Waals surface area contributed by atoms with E-state index in [0.717, 1.165) is 11.3 Å². The maximum Gasteiger partial charge on any atom is 0.233 e. The first-order valence-electron chi connectivity index (χ1n) is 6.35. The zero-order valence-corrected chi connectivity index (χ0v) is 12.7. The molecule has 1 aromatic heterocycles. The van der Waals surface area contributed by atoms with E-state index in [-0.39, 0.29) is 11.2 Å². The zero-order valence-electron chi connectivity index (χ0n) is 11.8. The molecule has 0 atom stereocenters. The van der Waals surface area contributed by atoms with E-state index < -0.39 is 10.0 Å². The number of hydrogen-bond acceptors (Lipinski definition) is 3. The van der Waals surface area contributed by atoms with Crippen molar-refractivity contribution < 1.29 is 8.42 Å². The molecule has 2 aromatic rings. The summed E-state index contributed by atoms with van der Waals surface area (Å²) >= 11 is 0. The fourth-order valence-electron chi connectivity index (χ4n) is 1.92. The predicted octanol–water partition coefficient (Wildman–Crippen LogP) is 2.86. The molecule has 0 spiro atoms. The molecule has 0 amide bonds. The second kappa shape index (κ2) is 5.28. The second-order valence-corrected chi connectivity index (χ2v) is 7.69. The number of benzene rings is 1. The molecule has 0 bridgehead atoms. The molecule has 0 aliphatic heterocycles. The zero-order chi connectivity index (χ0) is 14.8. The SMILES string of the molecule is CC(C)(C)CS(=O)(=O)Nc1ccc(-c2ccn[nH]2)cc1. The van der Waals surface area contributed by atoms with Gasteiger partial charge in [-0.2, -0.15) is 5.10 Å². The molecule has 2 N–H and O–H groups in total. The molecule has 0 saturated carbocycles. The van der Waals surface area contributed by atoms with E-state index in [1.54, 1.807) is 18.3 Å². The van der Waals surface area contributed by atoms with E-state index in [0.29, 0.717) is 5.69 Å². The quantitative estimate of drug-likeness (QED) is 0.910. The maximum atomic E-state index is 12.0. The van der Waals surface area contributed by atoms with E-state index >= 15 is 0 Å². The number of hydrogen-bond donors (Lipinski definition) is 2. The summed E-state index contributed by atoms with van der Waals surface area (Å²) in [6, 6.07) is 9.05. The molecule has 0 aliphatic carbocycles. The van der Waals surface area contributed by atoms with Crippen LogP contribution in [-0.2, 0) is 10.0 Å². The fraction of sp³-hybridized carbons (Fsp3) is 0.357. The maximum absolute atomic E-state index is 12.0. The van der Waals surface area contributed by atoms with Gasteiger partial charge in [-0.25, -0.2) is 8.42 Å². The summed E-state index contributed by atoms with van der Waals surface area (Å²) in [6.07, 6.45) is 1.68. The van der Waals surface area contributed by atoms with Gasteiger partial charge in [-0.15, -0.1) is 0 Å². The van der Waals surface area contributed by atoms with Crippen LogP contribution in [-0.4, -0.2) is 24.4 Å². The van der Waals surface area contributed by atoms with Gasteiger partial charge in [-0.3, -0.25) is 9.82 Å². The van der Waals surface area contributed by atoms with E-state index in [1.807, 2.05) is 39.0 Å². The molecule has 0 unspecified atom stereocenters. The van der Waals surface area contributed by atoms with Crippen molar-refractivity contribution in [2.45, 2.75) is 20.8 Å². The summed E-state index contributed by atoms with van der Waals surface area (Å²) in [5, 5.41) is 6.75. The van der Waals surface area contributed by atoms with Crippen LogP contribution in [0.15, 0.2) is 36.5 Å². The van der Waals surface area contributed by atoms with Crippen molar-refractivity contribution in [2.24, 2.45) is 5.41 Å². The van der Waals surface area contributed by atoms with Gasteiger partial charge in [0.05, 0.1) is 11.4 Å². The fourth-order valence-corrected chi connectivity index (χ4v) is 3.63. The highest BCUT2D eigenvalue weighted by Gasteiger charge is 2.21. The van der Waals surface area contributed by atoms with Crippen molar-refractivity contribution in [1.29, 1.82) is 0 Å². The summed E-state index contributed by atoms with van der Waals surface area (Å²) < 4.78 is 26.6. The van der Waals surface area contributed by atoms with Crippen LogP contribution < -0.4 is 4.72 Å². The van der Waals surface area contributed by atoms with E-state index in [1.165, 1.54) is 0 Å². The molecule has 2 rings (SSSR count). The third-order valence-corrected chi connectivity index (χ3v) is 4.39. The summed E-state index contributed by atoms with van der Waals surface area (Å²) in [6.45, 7) is 5.69. The summed E-state index contributed by atoms with van der Waals surface area (Å²) in [5.41, 5.74) is 2.15. The van der Waals surface area contributed by atoms with Crippen LogP contribution in [0.4, 0.5) is 5.69 Å². The minimum atomic E-state index is -3.33. The van der Waals surface area contributed by atoms with Gasteiger partial charge in [0, 0.05) is 11.9 Å². The minimum Gasteiger partial charge on any atom is -0.284 e. The Balaban J connectivity index is 2.12. The number of sulfonamides is 1. The topological polar surface area (TPSA) is 74.8 Å². The summed E-state index contributed by atoms with van der Waals surface area (Å²) in [5.74, 6) is 0.0856. The lowest BCUT2D eigenvalue weighted by Gasteiger charge is -2.18. The van der Waals surface area contributed by atoms with E-state index in [2.05, 4.69) is 14.9 Å². The molecule has 108 valence electrons. The van der Waals surface area contributed by atoms with E-state index in [4.69, 9.17) is 0 Å². The molecule has 20 heavy (non-hydrogen) atoms. The molecule has 1 aromatic carbocycles. The van der Waals surface area contributed by atoms with Crippen LogP contribution in [0.5, 0.6) is 0 Å². The molecule has 0 saturated heterocycles. The summed E-state index contributed by atoms with van der Waals surface area (Å²) in [7, 11) is -3.33. The molecule has 6 heteroatoms. The summed E-state index contributed by atoms with van der Waals surface area (Å²) in [4.78, 5) is 0. The third-order valence-electron chi connectivity index (χ3n) is 2.59. The van der Waals surface area contributed by atoms with Crippen LogP contribution in [0.3, 0.4) is 0 Å². The van der Waals surface area contributed by atoms with Crippen molar-refractivity contribution in [1.82, 2.24) is 10.2 Å². The number of aromatic amines is 1. The molecule has 0 aliphatic rings. The normalized spacial score (nSPS) is 12.3. The van der Waals surface area contributed by atoms with Crippen molar-refractivity contribution in [3.8, 4) is 11.3 Å². The Morgan fingerprint density at radius 2 is 1.80 bits per heavy atom. The Hall–Kier alpha value is -1.82. The molecular formula is C14H19N3O2S.